The van der Waals surface area contributed by atoms with Gasteiger partial charge in [0.2, 0.25) is 0 Å². The van der Waals surface area contributed by atoms with Crippen molar-refractivity contribution in [3.63, 3.8) is 0 Å². The molecule has 0 atom stereocenters. The maximum absolute atomic E-state index is 6.00. The van der Waals surface area contributed by atoms with Crippen molar-refractivity contribution in [2.75, 3.05) is 23.3 Å². The monoisotopic (exact) mass is 322 g/mol. The van der Waals surface area contributed by atoms with E-state index in [1.54, 1.807) is 6.07 Å². The van der Waals surface area contributed by atoms with E-state index >= 15 is 0 Å². The quantitative estimate of drug-likeness (QED) is 0.760. The summed E-state index contributed by atoms with van der Waals surface area (Å²) in [5, 5.41) is 4.71. The van der Waals surface area contributed by atoms with Gasteiger partial charge < -0.3 is 10.2 Å². The van der Waals surface area contributed by atoms with E-state index in [0.29, 0.717) is 16.6 Å². The number of hydrogen-bond donors (Lipinski definition) is 1. The lowest BCUT2D eigenvalue weighted by molar-refractivity contribution is 0.866. The zero-order valence-electron chi connectivity index (χ0n) is 12.4. The van der Waals surface area contributed by atoms with Crippen LogP contribution in [0.3, 0.4) is 0 Å². The highest BCUT2D eigenvalue weighted by molar-refractivity contribution is 6.34. The summed E-state index contributed by atoms with van der Waals surface area (Å²) < 4.78 is 0. The molecule has 0 saturated carbocycles. The molecule has 0 aromatic heterocycles. The third-order valence-electron chi connectivity index (χ3n) is 3.41. The van der Waals surface area contributed by atoms with Crippen LogP contribution >= 0.6 is 23.2 Å². The van der Waals surface area contributed by atoms with Gasteiger partial charge in [-0.25, -0.2) is 0 Å². The number of rotatable bonds is 6. The van der Waals surface area contributed by atoms with E-state index in [9.17, 15) is 0 Å². The van der Waals surface area contributed by atoms with Crippen molar-refractivity contribution in [2.24, 2.45) is 0 Å². The van der Waals surface area contributed by atoms with Gasteiger partial charge in [0.05, 0.1) is 0 Å². The van der Waals surface area contributed by atoms with Crippen LogP contribution < -0.4 is 10.2 Å². The van der Waals surface area contributed by atoms with Crippen molar-refractivity contribution < 1.29 is 0 Å². The third kappa shape index (κ3) is 4.55. The molecule has 0 aliphatic heterocycles. The lowest BCUT2D eigenvalue weighted by Gasteiger charge is -2.21. The highest BCUT2D eigenvalue weighted by Crippen LogP contribution is 2.21. The molecule has 1 N–H and O–H groups in total. The molecule has 0 saturated heterocycles. The predicted molar refractivity (Wildman–Crippen MR) is 93.8 cm³/mol. The Balaban J connectivity index is 2.00. The fraction of sp³-hybridized carbons (Fsp3) is 0.294. The second kappa shape index (κ2) is 7.58. The van der Waals surface area contributed by atoms with Crippen LogP contribution in [0.4, 0.5) is 11.4 Å². The van der Waals surface area contributed by atoms with Gasteiger partial charge in [0.15, 0.2) is 0 Å². The molecular formula is C17H20Cl2N2. The van der Waals surface area contributed by atoms with Gasteiger partial charge in [-0.1, -0.05) is 23.2 Å². The molecule has 0 heterocycles. The first-order valence-electron chi connectivity index (χ1n) is 7.16. The maximum Gasteiger partial charge on any atom is 0.0424 e. The average Bonchev–Trinajstić information content (AvgIpc) is 2.47. The smallest absolute Gasteiger partial charge is 0.0424 e. The SMILES string of the molecule is CCN(CC)c1ccc(NCc2cc(Cl)cc(Cl)c2)cc1. The summed E-state index contributed by atoms with van der Waals surface area (Å²) in [5.41, 5.74) is 3.40. The molecule has 21 heavy (non-hydrogen) atoms. The Kier molecular flexibility index (Phi) is 5.77. The van der Waals surface area contributed by atoms with Gasteiger partial charge in [0.1, 0.15) is 0 Å². The molecule has 0 radical (unpaired) electrons. The lowest BCUT2D eigenvalue weighted by atomic mass is 10.2. The Hall–Kier alpha value is -1.38. The highest BCUT2D eigenvalue weighted by Gasteiger charge is 2.02. The van der Waals surface area contributed by atoms with Crippen LogP contribution in [0, 0.1) is 0 Å². The number of nitrogens with one attached hydrogen (secondary N) is 1. The Morgan fingerprint density at radius 2 is 1.48 bits per heavy atom. The molecule has 0 aliphatic rings. The minimum absolute atomic E-state index is 0.663. The van der Waals surface area contributed by atoms with E-state index in [1.165, 1.54) is 5.69 Å². The predicted octanol–water partition coefficient (Wildman–Crippen LogP) is 5.45. The molecule has 4 heteroatoms. The number of halogens is 2. The normalized spacial score (nSPS) is 10.5. The molecular weight excluding hydrogens is 303 g/mol. The molecule has 0 spiro atoms. The van der Waals surface area contributed by atoms with Crippen molar-refractivity contribution in [3.05, 3.63) is 58.1 Å². The fourth-order valence-corrected chi connectivity index (χ4v) is 2.87. The zero-order valence-corrected chi connectivity index (χ0v) is 13.9. The van der Waals surface area contributed by atoms with Crippen LogP contribution in [-0.4, -0.2) is 13.1 Å². The van der Waals surface area contributed by atoms with Crippen molar-refractivity contribution in [2.45, 2.75) is 20.4 Å². The molecule has 0 bridgehead atoms. The molecule has 112 valence electrons. The minimum Gasteiger partial charge on any atom is -0.381 e. The van der Waals surface area contributed by atoms with Crippen LogP contribution in [0.1, 0.15) is 19.4 Å². The van der Waals surface area contributed by atoms with E-state index in [4.69, 9.17) is 23.2 Å². The first-order valence-corrected chi connectivity index (χ1v) is 7.91. The third-order valence-corrected chi connectivity index (χ3v) is 3.85. The maximum atomic E-state index is 6.00. The van der Waals surface area contributed by atoms with Gasteiger partial charge in [-0.15, -0.1) is 0 Å². The van der Waals surface area contributed by atoms with Gasteiger partial charge in [-0.3, -0.25) is 0 Å². The molecule has 2 nitrogen and oxygen atoms in total. The minimum atomic E-state index is 0.663. The summed E-state index contributed by atoms with van der Waals surface area (Å²) in [6, 6.07) is 14.1. The molecule has 2 aromatic carbocycles. The molecule has 2 rings (SSSR count). The van der Waals surface area contributed by atoms with Crippen LogP contribution in [0.5, 0.6) is 0 Å². The summed E-state index contributed by atoms with van der Waals surface area (Å²) >= 11 is 12.0. The Morgan fingerprint density at radius 1 is 0.905 bits per heavy atom. The zero-order chi connectivity index (χ0) is 15.2. The second-order valence-corrected chi connectivity index (χ2v) is 5.72. The first kappa shape index (κ1) is 16.0. The molecule has 0 aliphatic carbocycles. The van der Waals surface area contributed by atoms with Crippen molar-refractivity contribution in [1.29, 1.82) is 0 Å². The molecule has 2 aromatic rings. The Labute approximate surface area is 136 Å². The summed E-state index contributed by atoms with van der Waals surface area (Å²) in [6.45, 7) is 7.07. The van der Waals surface area contributed by atoms with Crippen LogP contribution in [0.2, 0.25) is 10.0 Å². The summed E-state index contributed by atoms with van der Waals surface area (Å²) in [7, 11) is 0. The van der Waals surface area contributed by atoms with E-state index < -0.39 is 0 Å². The van der Waals surface area contributed by atoms with Crippen LogP contribution in [-0.2, 0) is 6.54 Å². The Bertz CT molecular complexity index is 558. The number of benzene rings is 2. The van der Waals surface area contributed by atoms with Crippen LogP contribution in [0.15, 0.2) is 42.5 Å². The van der Waals surface area contributed by atoms with E-state index in [1.807, 2.05) is 12.1 Å². The van der Waals surface area contributed by atoms with E-state index in [0.717, 1.165) is 24.3 Å². The largest absolute Gasteiger partial charge is 0.381 e. The van der Waals surface area contributed by atoms with Crippen molar-refractivity contribution >= 4 is 34.6 Å². The standard InChI is InChI=1S/C17H20Cl2N2/c1-3-21(4-2)17-7-5-16(6-8-17)20-12-13-9-14(18)11-15(19)10-13/h5-11,20H,3-4,12H2,1-2H3. The summed E-state index contributed by atoms with van der Waals surface area (Å²) in [5.74, 6) is 0. The molecule has 0 unspecified atom stereocenters. The van der Waals surface area contributed by atoms with Gasteiger partial charge >= 0.3 is 0 Å². The molecule has 0 fully saturated rings. The molecule has 0 amide bonds. The van der Waals surface area contributed by atoms with Gasteiger partial charge in [0, 0.05) is 41.1 Å². The first-order chi connectivity index (χ1) is 10.1. The van der Waals surface area contributed by atoms with Crippen LogP contribution in [0.25, 0.3) is 0 Å². The number of hydrogen-bond acceptors (Lipinski definition) is 2. The number of anilines is 2. The highest BCUT2D eigenvalue weighted by atomic mass is 35.5. The van der Waals surface area contributed by atoms with Crippen molar-refractivity contribution in [1.82, 2.24) is 0 Å². The lowest BCUT2D eigenvalue weighted by Crippen LogP contribution is -2.21. The number of nitrogens with zero attached hydrogens (tertiary/aromatic N) is 1. The van der Waals surface area contributed by atoms with Crippen molar-refractivity contribution in [3.8, 4) is 0 Å². The van der Waals surface area contributed by atoms with E-state index in [-0.39, 0.29) is 0 Å². The van der Waals surface area contributed by atoms with Gasteiger partial charge in [-0.2, -0.15) is 0 Å². The van der Waals surface area contributed by atoms with E-state index in [2.05, 4.69) is 48.3 Å². The van der Waals surface area contributed by atoms with Gasteiger partial charge in [0.25, 0.3) is 0 Å². The fourth-order valence-electron chi connectivity index (χ4n) is 2.30. The Morgan fingerprint density at radius 3 is 2.00 bits per heavy atom. The summed E-state index contributed by atoms with van der Waals surface area (Å²) in [6.07, 6.45) is 0. The second-order valence-electron chi connectivity index (χ2n) is 4.85. The average molecular weight is 323 g/mol. The topological polar surface area (TPSA) is 15.3 Å². The van der Waals surface area contributed by atoms with Gasteiger partial charge in [-0.05, 0) is 61.9 Å². The summed E-state index contributed by atoms with van der Waals surface area (Å²) in [4.78, 5) is 2.32.